The summed E-state index contributed by atoms with van der Waals surface area (Å²) in [7, 11) is 0. The smallest absolute Gasteiger partial charge is 0.252 e. The van der Waals surface area contributed by atoms with E-state index in [9.17, 15) is 4.79 Å². The second-order valence-corrected chi connectivity index (χ2v) is 9.27. The highest BCUT2D eigenvalue weighted by Gasteiger charge is 2.43. The van der Waals surface area contributed by atoms with Crippen molar-refractivity contribution < 1.29 is 19.0 Å². The number of nitrogens with one attached hydrogen (secondary N) is 1. The zero-order valence-corrected chi connectivity index (χ0v) is 17.1. The van der Waals surface area contributed by atoms with Crippen molar-refractivity contribution in [1.82, 2.24) is 5.32 Å². The highest BCUT2D eigenvalue weighted by molar-refractivity contribution is 7.10. The molecular weight excluding hydrogens is 362 g/mol. The molecule has 1 atom stereocenters. The average Bonchev–Trinajstić information content (AvgIpc) is 3.36. The van der Waals surface area contributed by atoms with E-state index in [1.165, 1.54) is 16.9 Å². The van der Waals surface area contributed by atoms with Gasteiger partial charge in [0.15, 0.2) is 6.29 Å². The third-order valence-electron chi connectivity index (χ3n) is 6.39. The zero-order chi connectivity index (χ0) is 18.7. The lowest BCUT2D eigenvalue weighted by Gasteiger charge is -2.40. The lowest BCUT2D eigenvalue weighted by Crippen LogP contribution is -2.41. The standard InChI is InChI=1S/C21H31NO4S/c1-15-3-4-16-17(14-27-18(16)13-15)19(23)22-8-2-5-21(6-9-24-10-7-21)20-25-11-12-26-20/h14-15,20H,2-13H2,1H3,(H,22,23). The minimum absolute atomic E-state index is 0.0389. The van der Waals surface area contributed by atoms with Crippen LogP contribution in [0.3, 0.4) is 0 Å². The Labute approximate surface area is 165 Å². The molecule has 1 aromatic heterocycles. The summed E-state index contributed by atoms with van der Waals surface area (Å²) < 4.78 is 17.2. The molecule has 0 radical (unpaired) electrons. The average molecular weight is 394 g/mol. The van der Waals surface area contributed by atoms with Crippen LogP contribution in [0.5, 0.6) is 0 Å². The second-order valence-electron chi connectivity index (χ2n) is 8.31. The number of rotatable bonds is 6. The van der Waals surface area contributed by atoms with Gasteiger partial charge in [0.05, 0.1) is 18.8 Å². The van der Waals surface area contributed by atoms with Gasteiger partial charge in [0.2, 0.25) is 0 Å². The van der Waals surface area contributed by atoms with Crippen molar-refractivity contribution in [3.05, 3.63) is 21.4 Å². The number of carbonyl (C=O) groups is 1. The molecule has 0 spiro atoms. The Balaban J connectivity index is 1.30. The molecule has 5 nitrogen and oxygen atoms in total. The van der Waals surface area contributed by atoms with E-state index < -0.39 is 0 Å². The van der Waals surface area contributed by atoms with Crippen LogP contribution >= 0.6 is 11.3 Å². The van der Waals surface area contributed by atoms with Gasteiger partial charge >= 0.3 is 0 Å². The number of amides is 1. The first-order valence-electron chi connectivity index (χ1n) is 10.4. The van der Waals surface area contributed by atoms with Crippen LogP contribution in [-0.4, -0.2) is 45.2 Å². The molecule has 27 heavy (non-hydrogen) atoms. The molecule has 1 N–H and O–H groups in total. The van der Waals surface area contributed by atoms with Crippen molar-refractivity contribution >= 4 is 17.2 Å². The highest BCUT2D eigenvalue weighted by Crippen LogP contribution is 2.42. The van der Waals surface area contributed by atoms with E-state index in [0.29, 0.717) is 19.8 Å². The Morgan fingerprint density at radius 2 is 2.04 bits per heavy atom. The van der Waals surface area contributed by atoms with Crippen molar-refractivity contribution in [2.24, 2.45) is 11.3 Å². The first-order valence-corrected chi connectivity index (χ1v) is 11.2. The van der Waals surface area contributed by atoms with Gasteiger partial charge in [-0.1, -0.05) is 6.92 Å². The van der Waals surface area contributed by atoms with E-state index in [0.717, 1.165) is 63.2 Å². The van der Waals surface area contributed by atoms with Gasteiger partial charge in [-0.25, -0.2) is 0 Å². The fourth-order valence-electron chi connectivity index (χ4n) is 4.70. The predicted molar refractivity (Wildman–Crippen MR) is 105 cm³/mol. The van der Waals surface area contributed by atoms with Gasteiger partial charge in [0.25, 0.3) is 5.91 Å². The minimum Gasteiger partial charge on any atom is -0.381 e. The zero-order valence-electron chi connectivity index (χ0n) is 16.3. The SMILES string of the molecule is CC1CCc2c(C(=O)NCCCC3(C4OCCO4)CCOCC3)csc2C1. The molecule has 1 aliphatic carbocycles. The third kappa shape index (κ3) is 4.24. The highest BCUT2D eigenvalue weighted by atomic mass is 32.1. The van der Waals surface area contributed by atoms with Crippen LogP contribution in [0.15, 0.2) is 5.38 Å². The molecule has 4 rings (SSSR count). The lowest BCUT2D eigenvalue weighted by atomic mass is 9.75. The van der Waals surface area contributed by atoms with Crippen LogP contribution < -0.4 is 5.32 Å². The van der Waals surface area contributed by atoms with Gasteiger partial charge in [-0.15, -0.1) is 11.3 Å². The molecule has 1 aromatic rings. The number of fused-ring (bicyclic) bond motifs is 1. The van der Waals surface area contributed by atoms with E-state index in [1.807, 2.05) is 0 Å². The van der Waals surface area contributed by atoms with Crippen molar-refractivity contribution in [1.29, 1.82) is 0 Å². The quantitative estimate of drug-likeness (QED) is 0.751. The van der Waals surface area contributed by atoms with Crippen LogP contribution in [-0.2, 0) is 27.1 Å². The maximum atomic E-state index is 12.7. The van der Waals surface area contributed by atoms with Crippen molar-refractivity contribution in [2.45, 2.75) is 58.2 Å². The van der Waals surface area contributed by atoms with E-state index in [1.54, 1.807) is 11.3 Å². The summed E-state index contributed by atoms with van der Waals surface area (Å²) in [5.74, 6) is 0.833. The molecule has 3 heterocycles. The third-order valence-corrected chi connectivity index (χ3v) is 7.44. The first kappa shape index (κ1) is 19.4. The van der Waals surface area contributed by atoms with Crippen molar-refractivity contribution in [3.63, 3.8) is 0 Å². The summed E-state index contributed by atoms with van der Waals surface area (Å²) in [6.07, 6.45) is 7.14. The van der Waals surface area contributed by atoms with Gasteiger partial charge in [-0.05, 0) is 56.4 Å². The molecule has 2 fully saturated rings. The fourth-order valence-corrected chi connectivity index (χ4v) is 5.94. The fraction of sp³-hybridized carbons (Fsp3) is 0.762. The summed E-state index contributed by atoms with van der Waals surface area (Å²) >= 11 is 1.75. The Bertz CT molecular complexity index is 647. The Kier molecular flexibility index (Phi) is 6.17. The molecule has 1 amide bonds. The van der Waals surface area contributed by atoms with Gasteiger partial charge < -0.3 is 19.5 Å². The van der Waals surface area contributed by atoms with E-state index >= 15 is 0 Å². The lowest BCUT2D eigenvalue weighted by molar-refractivity contribution is -0.168. The molecule has 6 heteroatoms. The van der Waals surface area contributed by atoms with Gasteiger partial charge in [-0.2, -0.15) is 0 Å². The summed E-state index contributed by atoms with van der Waals surface area (Å²) in [5.41, 5.74) is 2.24. The molecule has 0 bridgehead atoms. The summed E-state index contributed by atoms with van der Waals surface area (Å²) in [5, 5.41) is 5.20. The van der Waals surface area contributed by atoms with Crippen LogP contribution in [0.4, 0.5) is 0 Å². The van der Waals surface area contributed by atoms with E-state index in [4.69, 9.17) is 14.2 Å². The normalized spacial score (nSPS) is 25.3. The molecule has 1 unspecified atom stereocenters. The van der Waals surface area contributed by atoms with E-state index in [-0.39, 0.29) is 17.6 Å². The Morgan fingerprint density at radius 3 is 2.81 bits per heavy atom. The van der Waals surface area contributed by atoms with Crippen LogP contribution in [0.1, 0.15) is 59.8 Å². The molecule has 0 aromatic carbocycles. The second kappa shape index (κ2) is 8.60. The molecule has 150 valence electrons. The minimum atomic E-state index is -0.108. The first-order chi connectivity index (χ1) is 13.2. The molecule has 0 saturated carbocycles. The van der Waals surface area contributed by atoms with Crippen LogP contribution in [0.25, 0.3) is 0 Å². The summed E-state index contributed by atoms with van der Waals surface area (Å²) in [6.45, 7) is 5.92. The molecular formula is C21H31NO4S. The summed E-state index contributed by atoms with van der Waals surface area (Å²) in [6, 6.07) is 0. The monoisotopic (exact) mass is 393 g/mol. The molecule has 2 saturated heterocycles. The predicted octanol–water partition coefficient (Wildman–Crippen LogP) is 3.55. The topological polar surface area (TPSA) is 56.8 Å². The number of thiophene rings is 1. The Morgan fingerprint density at radius 1 is 1.26 bits per heavy atom. The van der Waals surface area contributed by atoms with Crippen molar-refractivity contribution in [2.75, 3.05) is 33.0 Å². The number of carbonyl (C=O) groups excluding carboxylic acids is 1. The number of hydrogen-bond donors (Lipinski definition) is 1. The largest absolute Gasteiger partial charge is 0.381 e. The van der Waals surface area contributed by atoms with Crippen molar-refractivity contribution in [3.8, 4) is 0 Å². The van der Waals surface area contributed by atoms with Gasteiger partial charge in [0.1, 0.15) is 0 Å². The maximum Gasteiger partial charge on any atom is 0.252 e. The maximum absolute atomic E-state index is 12.7. The van der Waals surface area contributed by atoms with Gasteiger partial charge in [0, 0.05) is 35.4 Å². The van der Waals surface area contributed by atoms with Crippen LogP contribution in [0, 0.1) is 11.3 Å². The number of ether oxygens (including phenoxy) is 3. The van der Waals surface area contributed by atoms with E-state index in [2.05, 4.69) is 17.6 Å². The molecule has 2 aliphatic heterocycles. The van der Waals surface area contributed by atoms with Gasteiger partial charge in [-0.3, -0.25) is 4.79 Å². The Hall–Kier alpha value is -0.950. The summed E-state index contributed by atoms with van der Waals surface area (Å²) in [4.78, 5) is 14.1. The molecule has 3 aliphatic rings. The van der Waals surface area contributed by atoms with Crippen LogP contribution in [0.2, 0.25) is 0 Å². The number of hydrogen-bond acceptors (Lipinski definition) is 5.